The molecule has 0 spiro atoms. The van der Waals surface area contributed by atoms with Crippen LogP contribution in [0.2, 0.25) is 0 Å². The Morgan fingerprint density at radius 3 is 2.81 bits per heavy atom. The summed E-state index contributed by atoms with van der Waals surface area (Å²) in [5, 5.41) is 6.01. The average molecular weight is 373 g/mol. The van der Waals surface area contributed by atoms with Crippen molar-refractivity contribution in [2.75, 3.05) is 13.1 Å². The largest absolute Gasteiger partial charge is 0.370 e. The number of aryl methyl sites for hydroxylation is 1. The van der Waals surface area contributed by atoms with E-state index in [0.29, 0.717) is 6.61 Å². The van der Waals surface area contributed by atoms with Gasteiger partial charge in [-0.15, -0.1) is 16.4 Å². The number of ether oxygens (including phenoxy) is 1. The number of hydrogen-bond acceptors (Lipinski definition) is 5. The van der Waals surface area contributed by atoms with Crippen molar-refractivity contribution in [2.24, 2.45) is 0 Å². The molecule has 0 aromatic carbocycles. The molecule has 1 N–H and O–H groups in total. The highest BCUT2D eigenvalue weighted by Crippen LogP contribution is 2.39. The molecule has 0 amide bonds. The molecule has 2 aliphatic heterocycles. The second-order valence-electron chi connectivity index (χ2n) is 8.32. The predicted molar refractivity (Wildman–Crippen MR) is 102 cm³/mol. The summed E-state index contributed by atoms with van der Waals surface area (Å²) in [6.45, 7) is 10.4. The van der Waals surface area contributed by atoms with Crippen molar-refractivity contribution in [2.45, 2.75) is 65.2 Å². The van der Waals surface area contributed by atoms with Crippen molar-refractivity contribution >= 4 is 27.2 Å². The van der Waals surface area contributed by atoms with E-state index in [2.05, 4.69) is 13.8 Å². The Bertz CT molecular complexity index is 983. The van der Waals surface area contributed by atoms with Gasteiger partial charge >= 0.3 is 0 Å². The van der Waals surface area contributed by atoms with Gasteiger partial charge in [-0.05, 0) is 45.6 Å². The number of nitrogens with zero attached hydrogens (tertiary/aromatic N) is 4. The van der Waals surface area contributed by atoms with Gasteiger partial charge in [0.15, 0.2) is 5.65 Å². The molecule has 0 saturated carbocycles. The highest BCUT2D eigenvalue weighted by atomic mass is 32.1. The predicted octanol–water partition coefficient (Wildman–Crippen LogP) is 2.07. The lowest BCUT2D eigenvalue weighted by atomic mass is 9.94. The van der Waals surface area contributed by atoms with Crippen LogP contribution in [0.5, 0.6) is 0 Å². The van der Waals surface area contributed by atoms with Gasteiger partial charge in [-0.25, -0.2) is 9.97 Å². The van der Waals surface area contributed by atoms with Crippen LogP contribution in [-0.4, -0.2) is 38.3 Å². The molecule has 0 atom stereocenters. The molecule has 0 aliphatic carbocycles. The van der Waals surface area contributed by atoms with Gasteiger partial charge in [-0.3, -0.25) is 0 Å². The van der Waals surface area contributed by atoms with Crippen molar-refractivity contribution < 1.29 is 9.64 Å². The maximum Gasteiger partial charge on any atom is 0.206 e. The van der Waals surface area contributed by atoms with Gasteiger partial charge in [0.25, 0.3) is 0 Å². The third kappa shape index (κ3) is 2.73. The summed E-state index contributed by atoms with van der Waals surface area (Å²) >= 11 is 1.75. The highest BCUT2D eigenvalue weighted by molar-refractivity contribution is 7.19. The Labute approximate surface area is 157 Å². The van der Waals surface area contributed by atoms with E-state index in [1.54, 1.807) is 16.2 Å². The first-order valence-electron chi connectivity index (χ1n) is 9.64. The third-order valence-corrected chi connectivity index (χ3v) is 6.78. The van der Waals surface area contributed by atoms with Gasteiger partial charge in [0, 0.05) is 11.3 Å². The molecule has 3 aromatic heterocycles. The molecule has 5 rings (SSSR count). The smallest absolute Gasteiger partial charge is 0.206 e. The van der Waals surface area contributed by atoms with E-state index in [-0.39, 0.29) is 5.60 Å². The number of piperidine rings is 1. The standard InChI is InChI=1S/C19H25N5OS/c1-12-20-18-16(13-9-19(2,3)25-11-14(13)26-18)17-21-15(22-24(12)17)10-23-7-5-4-6-8-23/h4-11H2,1-3H3/p+1. The van der Waals surface area contributed by atoms with Crippen molar-refractivity contribution in [3.8, 4) is 0 Å². The number of rotatable bonds is 2. The topological polar surface area (TPSA) is 56.8 Å². The minimum absolute atomic E-state index is 0.135. The molecule has 26 heavy (non-hydrogen) atoms. The Morgan fingerprint density at radius 2 is 2.00 bits per heavy atom. The normalized spacial score (nSPS) is 20.7. The molecule has 3 aromatic rings. The number of likely N-dealkylation sites (tertiary alicyclic amines) is 1. The minimum atomic E-state index is -0.135. The molecule has 138 valence electrons. The summed E-state index contributed by atoms with van der Waals surface area (Å²) in [6, 6.07) is 0. The van der Waals surface area contributed by atoms with Gasteiger partial charge in [-0.2, -0.15) is 4.52 Å². The Morgan fingerprint density at radius 1 is 1.19 bits per heavy atom. The van der Waals surface area contributed by atoms with Gasteiger partial charge in [0.1, 0.15) is 17.2 Å². The van der Waals surface area contributed by atoms with Gasteiger partial charge in [-0.1, -0.05) is 0 Å². The number of quaternary nitrogens is 1. The molecule has 1 saturated heterocycles. The summed E-state index contributed by atoms with van der Waals surface area (Å²) in [5.74, 6) is 1.87. The molecule has 5 heterocycles. The first-order chi connectivity index (χ1) is 12.5. The van der Waals surface area contributed by atoms with Crippen molar-refractivity contribution in [1.82, 2.24) is 19.6 Å². The molecule has 6 nitrogen and oxygen atoms in total. The van der Waals surface area contributed by atoms with Crippen LogP contribution in [0.3, 0.4) is 0 Å². The first kappa shape index (κ1) is 16.6. The van der Waals surface area contributed by atoms with Crippen LogP contribution in [0.1, 0.15) is 55.2 Å². The fourth-order valence-corrected chi connectivity index (χ4v) is 5.45. The zero-order valence-corrected chi connectivity index (χ0v) is 16.6. The van der Waals surface area contributed by atoms with Crippen LogP contribution < -0.4 is 4.90 Å². The van der Waals surface area contributed by atoms with E-state index in [0.717, 1.165) is 35.1 Å². The van der Waals surface area contributed by atoms with Crippen molar-refractivity contribution in [1.29, 1.82) is 0 Å². The second kappa shape index (κ2) is 5.97. The lowest BCUT2D eigenvalue weighted by Gasteiger charge is -2.30. The van der Waals surface area contributed by atoms with Crippen LogP contribution in [0, 0.1) is 6.92 Å². The summed E-state index contributed by atoms with van der Waals surface area (Å²) in [7, 11) is 0. The maximum absolute atomic E-state index is 6.01. The lowest BCUT2D eigenvalue weighted by molar-refractivity contribution is -0.919. The average Bonchev–Trinajstić information content (AvgIpc) is 3.16. The number of nitrogens with one attached hydrogen (secondary N) is 1. The summed E-state index contributed by atoms with van der Waals surface area (Å²) in [5.41, 5.74) is 2.21. The monoisotopic (exact) mass is 372 g/mol. The molecule has 2 aliphatic rings. The van der Waals surface area contributed by atoms with E-state index >= 15 is 0 Å². The Balaban J connectivity index is 1.63. The van der Waals surface area contributed by atoms with E-state index in [1.165, 1.54) is 48.2 Å². The summed E-state index contributed by atoms with van der Waals surface area (Å²) in [4.78, 5) is 13.8. The highest BCUT2D eigenvalue weighted by Gasteiger charge is 2.31. The second-order valence-corrected chi connectivity index (χ2v) is 9.40. The van der Waals surface area contributed by atoms with Crippen LogP contribution in [0.25, 0.3) is 15.9 Å². The van der Waals surface area contributed by atoms with Crippen LogP contribution in [0.15, 0.2) is 0 Å². The quantitative estimate of drug-likeness (QED) is 0.748. The number of fused-ring (bicyclic) bond motifs is 5. The first-order valence-corrected chi connectivity index (χ1v) is 10.5. The number of thiophene rings is 1. The number of hydrogen-bond donors (Lipinski definition) is 1. The van der Waals surface area contributed by atoms with E-state index < -0.39 is 0 Å². The molecular formula is C19H26N5OS+. The van der Waals surface area contributed by atoms with Gasteiger partial charge in [0.2, 0.25) is 5.82 Å². The SMILES string of the molecule is Cc1nc2sc3c(c2c2nc(C[NH+]4CCCCC4)nn12)CC(C)(C)OC3. The number of aromatic nitrogens is 4. The van der Waals surface area contributed by atoms with E-state index in [1.807, 2.05) is 11.4 Å². The van der Waals surface area contributed by atoms with E-state index in [9.17, 15) is 0 Å². The van der Waals surface area contributed by atoms with Crippen molar-refractivity contribution in [3.63, 3.8) is 0 Å². The zero-order chi connectivity index (χ0) is 17.9. The molecule has 0 radical (unpaired) electrons. The molecular weight excluding hydrogens is 346 g/mol. The fourth-order valence-electron chi connectivity index (χ4n) is 4.31. The minimum Gasteiger partial charge on any atom is -0.370 e. The van der Waals surface area contributed by atoms with Gasteiger partial charge in [0.05, 0.1) is 30.7 Å². The van der Waals surface area contributed by atoms with Crippen LogP contribution >= 0.6 is 11.3 Å². The molecule has 7 heteroatoms. The van der Waals surface area contributed by atoms with Crippen molar-refractivity contribution in [3.05, 3.63) is 22.1 Å². The molecule has 0 bridgehead atoms. The molecule has 0 unspecified atom stereocenters. The van der Waals surface area contributed by atoms with Crippen LogP contribution in [0.4, 0.5) is 0 Å². The molecule has 1 fully saturated rings. The van der Waals surface area contributed by atoms with E-state index in [4.69, 9.17) is 19.8 Å². The van der Waals surface area contributed by atoms with Crippen LogP contribution in [-0.2, 0) is 24.3 Å². The Hall–Kier alpha value is -1.57. The van der Waals surface area contributed by atoms with Gasteiger partial charge < -0.3 is 9.64 Å². The maximum atomic E-state index is 6.01. The third-order valence-electron chi connectivity index (χ3n) is 5.68. The Kier molecular flexibility index (Phi) is 3.81. The summed E-state index contributed by atoms with van der Waals surface area (Å²) < 4.78 is 7.96. The summed E-state index contributed by atoms with van der Waals surface area (Å²) in [6.07, 6.45) is 4.91. The lowest BCUT2D eigenvalue weighted by Crippen LogP contribution is -3.11. The fraction of sp³-hybridized carbons (Fsp3) is 0.632. The zero-order valence-electron chi connectivity index (χ0n) is 15.8.